The summed E-state index contributed by atoms with van der Waals surface area (Å²) in [7, 11) is 0. The van der Waals surface area contributed by atoms with Gasteiger partial charge in [-0.1, -0.05) is 30.3 Å². The fourth-order valence-corrected chi connectivity index (χ4v) is 2.98. The van der Waals surface area contributed by atoms with Gasteiger partial charge in [0, 0.05) is 31.7 Å². The molecule has 6 heteroatoms. The number of aliphatic hydroxyl groups is 1. The Morgan fingerprint density at radius 3 is 2.70 bits per heavy atom. The van der Waals surface area contributed by atoms with Gasteiger partial charge in [0.15, 0.2) is 0 Å². The minimum absolute atomic E-state index is 0.0490. The molecule has 1 aliphatic rings. The molecule has 1 saturated heterocycles. The van der Waals surface area contributed by atoms with Crippen molar-refractivity contribution >= 4 is 5.91 Å². The van der Waals surface area contributed by atoms with Crippen LogP contribution in [0, 0.1) is 5.92 Å². The maximum Gasteiger partial charge on any atom is 0.254 e. The molecule has 128 valence electrons. The zero-order chi connectivity index (χ0) is 16.9. The lowest BCUT2D eigenvalue weighted by Crippen LogP contribution is -2.53. The number of nitrogens with one attached hydrogen (secondary N) is 1. The molecule has 0 spiro atoms. The Morgan fingerprint density at radius 2 is 2.09 bits per heavy atom. The summed E-state index contributed by atoms with van der Waals surface area (Å²) in [5.74, 6) is -3.77. The van der Waals surface area contributed by atoms with Gasteiger partial charge in [-0.3, -0.25) is 9.69 Å². The van der Waals surface area contributed by atoms with Gasteiger partial charge in [-0.05, 0) is 25.5 Å². The van der Waals surface area contributed by atoms with Crippen molar-refractivity contribution in [1.82, 2.24) is 10.2 Å². The summed E-state index contributed by atoms with van der Waals surface area (Å²) in [6, 6.07) is 9.66. The van der Waals surface area contributed by atoms with Crippen LogP contribution < -0.4 is 5.32 Å². The molecule has 2 rings (SSSR count). The second-order valence-electron chi connectivity index (χ2n) is 6.37. The fraction of sp³-hybridized carbons (Fsp3) is 0.588. The number of hydrogen-bond acceptors (Lipinski definition) is 3. The largest absolute Gasteiger partial charge is 0.396 e. The number of benzene rings is 1. The van der Waals surface area contributed by atoms with Crippen molar-refractivity contribution in [3.05, 3.63) is 35.9 Å². The Morgan fingerprint density at radius 1 is 1.39 bits per heavy atom. The molecule has 0 aromatic heterocycles. The Balaban J connectivity index is 1.94. The monoisotopic (exact) mass is 326 g/mol. The van der Waals surface area contributed by atoms with E-state index in [0.29, 0.717) is 6.54 Å². The van der Waals surface area contributed by atoms with E-state index in [2.05, 4.69) is 10.2 Å². The van der Waals surface area contributed by atoms with Gasteiger partial charge < -0.3 is 10.4 Å². The van der Waals surface area contributed by atoms with Crippen LogP contribution in [-0.2, 0) is 11.3 Å². The van der Waals surface area contributed by atoms with E-state index in [0.717, 1.165) is 26.4 Å². The highest BCUT2D eigenvalue weighted by Crippen LogP contribution is 2.21. The minimum atomic E-state index is -3.02. The summed E-state index contributed by atoms with van der Waals surface area (Å²) >= 11 is 0. The topological polar surface area (TPSA) is 52.6 Å². The third kappa shape index (κ3) is 5.88. The number of aliphatic hydroxyl groups excluding tert-OH is 1. The Hall–Kier alpha value is -1.53. The first kappa shape index (κ1) is 17.8. The number of likely N-dealkylation sites (tertiary alicyclic amines) is 1. The number of nitrogens with zero attached hydrogens (tertiary/aromatic N) is 1. The lowest BCUT2D eigenvalue weighted by atomic mass is 9.91. The van der Waals surface area contributed by atoms with Gasteiger partial charge in [0.05, 0.1) is 6.42 Å². The van der Waals surface area contributed by atoms with E-state index in [9.17, 15) is 18.7 Å². The van der Waals surface area contributed by atoms with Gasteiger partial charge in [-0.15, -0.1) is 0 Å². The van der Waals surface area contributed by atoms with E-state index in [4.69, 9.17) is 0 Å². The van der Waals surface area contributed by atoms with Crippen molar-refractivity contribution in [3.63, 3.8) is 0 Å². The minimum Gasteiger partial charge on any atom is -0.396 e. The number of carbonyl (C=O) groups is 1. The van der Waals surface area contributed by atoms with E-state index in [1.807, 2.05) is 30.3 Å². The Bertz CT molecular complexity index is 505. The predicted octanol–water partition coefficient (Wildman–Crippen LogP) is 2.03. The average molecular weight is 326 g/mol. The summed E-state index contributed by atoms with van der Waals surface area (Å²) in [4.78, 5) is 13.9. The van der Waals surface area contributed by atoms with Crippen LogP contribution in [0.15, 0.2) is 30.3 Å². The second-order valence-corrected chi connectivity index (χ2v) is 6.37. The van der Waals surface area contributed by atoms with Crippen LogP contribution in [-0.4, -0.2) is 47.6 Å². The number of rotatable bonds is 6. The highest BCUT2D eigenvalue weighted by molar-refractivity contribution is 5.77. The van der Waals surface area contributed by atoms with Gasteiger partial charge in [-0.2, -0.15) is 0 Å². The molecule has 1 aromatic rings. The van der Waals surface area contributed by atoms with Crippen molar-refractivity contribution in [2.75, 3.05) is 19.7 Å². The lowest BCUT2D eigenvalue weighted by molar-refractivity contribution is -0.129. The van der Waals surface area contributed by atoms with Crippen LogP contribution in [0.25, 0.3) is 0 Å². The molecule has 1 aliphatic heterocycles. The summed E-state index contributed by atoms with van der Waals surface area (Å²) in [5.41, 5.74) is 1.17. The molecule has 0 radical (unpaired) electrons. The van der Waals surface area contributed by atoms with Crippen molar-refractivity contribution < 1.29 is 18.7 Å². The van der Waals surface area contributed by atoms with Crippen LogP contribution in [0.3, 0.4) is 0 Å². The van der Waals surface area contributed by atoms with Gasteiger partial charge in [0.25, 0.3) is 5.92 Å². The van der Waals surface area contributed by atoms with Crippen LogP contribution in [0.4, 0.5) is 8.78 Å². The zero-order valence-electron chi connectivity index (χ0n) is 13.3. The van der Waals surface area contributed by atoms with Gasteiger partial charge in [0.1, 0.15) is 0 Å². The first-order valence-corrected chi connectivity index (χ1v) is 7.92. The molecule has 1 aromatic carbocycles. The second kappa shape index (κ2) is 7.84. The maximum absolute atomic E-state index is 12.9. The van der Waals surface area contributed by atoms with Crippen molar-refractivity contribution in [2.24, 2.45) is 5.92 Å². The molecular formula is C17H24F2N2O2. The maximum atomic E-state index is 12.9. The van der Waals surface area contributed by atoms with Crippen LogP contribution in [0.1, 0.15) is 25.3 Å². The van der Waals surface area contributed by atoms with Gasteiger partial charge in [-0.25, -0.2) is 8.78 Å². The number of alkyl halides is 2. The number of hydrogen-bond donors (Lipinski definition) is 2. The van der Waals surface area contributed by atoms with Crippen molar-refractivity contribution in [2.45, 2.75) is 38.3 Å². The molecule has 0 aliphatic carbocycles. The highest BCUT2D eigenvalue weighted by atomic mass is 19.3. The molecular weight excluding hydrogens is 302 g/mol. The molecule has 23 heavy (non-hydrogen) atoms. The summed E-state index contributed by atoms with van der Waals surface area (Å²) < 4.78 is 25.9. The summed E-state index contributed by atoms with van der Waals surface area (Å²) in [5, 5.41) is 12.1. The zero-order valence-corrected chi connectivity index (χ0v) is 13.3. The summed E-state index contributed by atoms with van der Waals surface area (Å²) in [6.07, 6.45) is -0.0862. The first-order valence-electron chi connectivity index (χ1n) is 7.92. The quantitative estimate of drug-likeness (QED) is 0.841. The first-order chi connectivity index (χ1) is 10.9. The standard InChI is InChI=1S/C17H24F2N2O2/c1-17(18,19)9-16(23)20-15-11-21(8-7-14(15)12-22)10-13-5-3-2-4-6-13/h2-6,14-15,22H,7-12H2,1H3,(H,20,23). The predicted molar refractivity (Wildman–Crippen MR) is 84.1 cm³/mol. The molecule has 1 amide bonds. The molecule has 2 atom stereocenters. The van der Waals surface area contributed by atoms with Crippen molar-refractivity contribution in [3.8, 4) is 0 Å². The van der Waals surface area contributed by atoms with Gasteiger partial charge >= 0.3 is 0 Å². The van der Waals surface area contributed by atoms with E-state index in [1.54, 1.807) is 0 Å². The molecule has 1 fully saturated rings. The van der Waals surface area contributed by atoms with Crippen LogP contribution >= 0.6 is 0 Å². The van der Waals surface area contributed by atoms with E-state index >= 15 is 0 Å². The molecule has 0 saturated carbocycles. The number of amides is 1. The average Bonchev–Trinajstić information content (AvgIpc) is 2.46. The smallest absolute Gasteiger partial charge is 0.254 e. The van der Waals surface area contributed by atoms with Gasteiger partial charge in [0.2, 0.25) is 5.91 Å². The molecule has 1 heterocycles. The van der Waals surface area contributed by atoms with Crippen LogP contribution in [0.5, 0.6) is 0 Å². The Labute approximate surface area is 135 Å². The SMILES string of the molecule is CC(F)(F)CC(=O)NC1CN(Cc2ccccc2)CCC1CO. The fourth-order valence-electron chi connectivity index (χ4n) is 2.98. The number of halogens is 2. The highest BCUT2D eigenvalue weighted by Gasteiger charge is 2.32. The third-order valence-electron chi connectivity index (χ3n) is 4.14. The molecule has 2 unspecified atom stereocenters. The number of piperidine rings is 1. The third-order valence-corrected chi connectivity index (χ3v) is 4.14. The van der Waals surface area contributed by atoms with E-state index in [-0.39, 0.29) is 18.6 Å². The molecule has 0 bridgehead atoms. The van der Waals surface area contributed by atoms with E-state index in [1.165, 1.54) is 5.56 Å². The van der Waals surface area contributed by atoms with E-state index < -0.39 is 18.3 Å². The Kier molecular flexibility index (Phi) is 6.07. The summed E-state index contributed by atoms with van der Waals surface area (Å²) in [6.45, 7) is 2.80. The number of carbonyl (C=O) groups excluding carboxylic acids is 1. The van der Waals surface area contributed by atoms with Crippen LogP contribution in [0.2, 0.25) is 0 Å². The molecule has 4 nitrogen and oxygen atoms in total. The molecule has 2 N–H and O–H groups in total. The lowest BCUT2D eigenvalue weighted by Gasteiger charge is -2.38. The van der Waals surface area contributed by atoms with Crippen molar-refractivity contribution in [1.29, 1.82) is 0 Å². The normalized spacial score (nSPS) is 22.8.